The third-order valence-electron chi connectivity index (χ3n) is 2.59. The molecule has 152 valence electrons. The Morgan fingerprint density at radius 1 is 0.680 bits per heavy atom. The number of hydrogen-bond acceptors (Lipinski definition) is 3. The monoisotopic (exact) mass is 427 g/mol. The van der Waals surface area contributed by atoms with Crippen molar-refractivity contribution in [3.8, 4) is 0 Å². The van der Waals surface area contributed by atoms with Crippen LogP contribution in [0.2, 0.25) is 0 Å². The lowest BCUT2D eigenvalue weighted by atomic mass is 9.93. The van der Waals surface area contributed by atoms with Crippen molar-refractivity contribution in [1.29, 1.82) is 0 Å². The molecule has 0 aliphatic carbocycles. The molecule has 1 unspecified atom stereocenters. The summed E-state index contributed by atoms with van der Waals surface area (Å²) in [6.45, 7) is -1.99. The maximum Gasteiger partial charge on any atom is 0.460 e. The average molecular weight is 427 g/mol. The quantitative estimate of drug-likeness (QED) is 0.436. The Kier molecular flexibility index (Phi) is 6.49. The zero-order chi connectivity index (χ0) is 20.7. The van der Waals surface area contributed by atoms with Gasteiger partial charge in [-0.05, 0) is 0 Å². The fourth-order valence-corrected chi connectivity index (χ4v) is 1.42. The number of hydrogen-bond donors (Lipinski definition) is 0. The molecular weight excluding hydrogens is 423 g/mol. The Morgan fingerprint density at radius 2 is 1.04 bits per heavy atom. The third-order valence-corrected chi connectivity index (χ3v) is 2.95. The highest BCUT2D eigenvalue weighted by molar-refractivity contribution is 7.74. The van der Waals surface area contributed by atoms with E-state index in [4.69, 9.17) is 0 Å². The molecule has 3 nitrogen and oxygen atoms in total. The van der Waals surface area contributed by atoms with Crippen LogP contribution < -0.4 is 0 Å². The average Bonchev–Trinajstić information content (AvgIpc) is 2.35. The van der Waals surface area contributed by atoms with Gasteiger partial charge in [-0.2, -0.15) is 57.1 Å². The van der Waals surface area contributed by atoms with Gasteiger partial charge >= 0.3 is 35.8 Å². The lowest BCUT2D eigenvalue weighted by Gasteiger charge is -2.39. The fourth-order valence-electron chi connectivity index (χ4n) is 1.20. The van der Waals surface area contributed by atoms with Gasteiger partial charge < -0.3 is 8.74 Å². The molecule has 0 amide bonds. The van der Waals surface area contributed by atoms with E-state index in [-0.39, 0.29) is 0 Å². The van der Waals surface area contributed by atoms with Gasteiger partial charge in [0.15, 0.2) is 0 Å². The van der Waals surface area contributed by atoms with Crippen molar-refractivity contribution in [3.05, 3.63) is 0 Å². The maximum absolute atomic E-state index is 13.0. The minimum atomic E-state index is -7.98. The van der Waals surface area contributed by atoms with Crippen LogP contribution in [-0.2, 0) is 15.5 Å². The molecule has 0 saturated carbocycles. The van der Waals surface area contributed by atoms with Gasteiger partial charge in [-0.3, -0.25) is 0 Å². The maximum atomic E-state index is 13.0. The molecule has 0 spiro atoms. The summed E-state index contributed by atoms with van der Waals surface area (Å²) in [5, 5.41) is 0. The van der Waals surface area contributed by atoms with E-state index in [9.17, 15) is 65.8 Å². The topological polar surface area (TPSA) is 49.4 Å². The first-order chi connectivity index (χ1) is 10.7. The fraction of sp³-hybridized carbons (Fsp3) is 1.00. The highest BCUT2D eigenvalue weighted by Gasteiger charge is 2.90. The highest BCUT2D eigenvalue weighted by Crippen LogP contribution is 2.60. The normalized spacial score (nSPS) is 16.9. The molecule has 0 fully saturated rings. The Hall–Kier alpha value is -0.840. The first kappa shape index (κ1) is 24.2. The van der Waals surface area contributed by atoms with Crippen molar-refractivity contribution in [2.24, 2.45) is 0 Å². The van der Waals surface area contributed by atoms with Crippen LogP contribution >= 0.6 is 0 Å². The van der Waals surface area contributed by atoms with Crippen molar-refractivity contribution in [3.63, 3.8) is 0 Å². The zero-order valence-electron chi connectivity index (χ0n) is 11.0. The molecule has 0 rings (SSSR count). The van der Waals surface area contributed by atoms with Crippen LogP contribution in [0.4, 0.5) is 57.1 Å². The molecule has 0 aliphatic rings. The van der Waals surface area contributed by atoms with Crippen molar-refractivity contribution < 1.29 is 70.0 Å². The van der Waals surface area contributed by atoms with Crippen molar-refractivity contribution in [1.82, 2.24) is 0 Å². The van der Waals surface area contributed by atoms with Crippen LogP contribution in [0.5, 0.6) is 0 Å². The summed E-state index contributed by atoms with van der Waals surface area (Å²) in [7, 11) is 0. The lowest BCUT2D eigenvalue weighted by Crippen LogP contribution is -2.70. The largest absolute Gasteiger partial charge is 0.750 e. The highest BCUT2D eigenvalue weighted by atomic mass is 32.2. The first-order valence-corrected chi connectivity index (χ1v) is 6.35. The van der Waals surface area contributed by atoms with Gasteiger partial charge in [0.05, 0.1) is 18.0 Å². The first-order valence-electron chi connectivity index (χ1n) is 5.35. The molecule has 0 radical (unpaired) electrons. The minimum Gasteiger partial charge on any atom is -0.750 e. The molecule has 1 atom stereocenters. The van der Waals surface area contributed by atoms with Crippen LogP contribution in [0.15, 0.2) is 0 Å². The van der Waals surface area contributed by atoms with E-state index in [1.165, 1.54) is 0 Å². The van der Waals surface area contributed by atoms with Gasteiger partial charge in [-0.1, -0.05) is 0 Å². The predicted molar refractivity (Wildman–Crippen MR) is 50.3 cm³/mol. The van der Waals surface area contributed by atoms with E-state index in [1.54, 1.807) is 0 Å². The Balaban J connectivity index is 5.90. The van der Waals surface area contributed by atoms with E-state index >= 15 is 0 Å². The van der Waals surface area contributed by atoms with Gasteiger partial charge in [-0.25, -0.2) is 4.21 Å². The van der Waals surface area contributed by atoms with Gasteiger partial charge in [0.2, 0.25) is 0 Å². The van der Waals surface area contributed by atoms with E-state index in [2.05, 4.69) is 4.18 Å². The molecule has 0 bridgehead atoms. The summed E-state index contributed by atoms with van der Waals surface area (Å²) in [5.41, 5.74) is 0. The van der Waals surface area contributed by atoms with Gasteiger partial charge in [-0.15, -0.1) is 0 Å². The smallest absolute Gasteiger partial charge is 0.460 e. The predicted octanol–water partition coefficient (Wildman–Crippen LogP) is 3.93. The summed E-state index contributed by atoms with van der Waals surface area (Å²) < 4.78 is 186. The molecule has 0 aromatic heterocycles. The van der Waals surface area contributed by atoms with E-state index in [0.29, 0.717) is 0 Å². The van der Waals surface area contributed by atoms with Crippen LogP contribution in [0.1, 0.15) is 6.42 Å². The van der Waals surface area contributed by atoms with E-state index < -0.39 is 60.2 Å². The summed E-state index contributed by atoms with van der Waals surface area (Å²) in [5.74, 6) is -37.4. The van der Waals surface area contributed by atoms with Crippen molar-refractivity contribution >= 4 is 11.4 Å². The Bertz CT molecular complexity index is 500. The summed E-state index contributed by atoms with van der Waals surface area (Å²) in [6.07, 6.45) is -10.2. The second-order valence-electron chi connectivity index (χ2n) is 4.28. The number of halogens is 13. The van der Waals surface area contributed by atoms with Gasteiger partial charge in [0.25, 0.3) is 0 Å². The summed E-state index contributed by atoms with van der Waals surface area (Å²) >= 11 is -3.62. The Labute approximate surface area is 131 Å². The van der Waals surface area contributed by atoms with E-state index in [1.807, 2.05) is 0 Å². The molecule has 0 saturated heterocycles. The minimum absolute atomic E-state index is 1.99. The zero-order valence-corrected chi connectivity index (χ0v) is 11.8. The SMILES string of the molecule is O=S([O-])OCCC(F)(F)C(F)(F)C(F)(F)C(F)(F)C(F)(F)C(F)(F)F. The van der Waals surface area contributed by atoms with Crippen molar-refractivity contribution in [2.45, 2.75) is 42.2 Å². The molecule has 0 aromatic carbocycles. The molecule has 0 aromatic rings. The summed E-state index contributed by atoms with van der Waals surface area (Å²) in [4.78, 5) is 0. The number of alkyl halides is 13. The third kappa shape index (κ3) is 3.96. The van der Waals surface area contributed by atoms with E-state index in [0.717, 1.165) is 0 Å². The second-order valence-corrected chi connectivity index (χ2v) is 4.92. The second kappa shape index (κ2) is 6.71. The standard InChI is InChI=1S/C8H5F13O3S/c9-3(10,1-2-24-25(22)23)4(11,12)5(13,14)6(15,16)7(17,18)8(19,20)21/h1-2H2,(H,22,23)/p-1. The van der Waals surface area contributed by atoms with Crippen molar-refractivity contribution in [2.75, 3.05) is 6.61 Å². The molecular formula is C8H4F13O3S-. The summed E-state index contributed by atoms with van der Waals surface area (Å²) in [6, 6.07) is 0. The molecule has 17 heteroatoms. The number of rotatable bonds is 8. The lowest BCUT2D eigenvalue weighted by molar-refractivity contribution is -0.440. The van der Waals surface area contributed by atoms with Crippen LogP contribution in [0, 0.1) is 0 Å². The van der Waals surface area contributed by atoms with Gasteiger partial charge in [0.1, 0.15) is 0 Å². The van der Waals surface area contributed by atoms with Crippen LogP contribution in [0.25, 0.3) is 0 Å². The Morgan fingerprint density at radius 3 is 1.36 bits per heavy atom. The van der Waals surface area contributed by atoms with Crippen LogP contribution in [-0.4, -0.2) is 51.2 Å². The van der Waals surface area contributed by atoms with Gasteiger partial charge in [0, 0.05) is 6.42 Å². The molecule has 0 N–H and O–H groups in total. The molecule has 0 aliphatic heterocycles. The molecule has 25 heavy (non-hydrogen) atoms. The van der Waals surface area contributed by atoms with Crippen LogP contribution in [0.3, 0.4) is 0 Å². The molecule has 0 heterocycles.